The second kappa shape index (κ2) is 20.2. The van der Waals surface area contributed by atoms with Gasteiger partial charge in [0, 0.05) is 13.2 Å². The van der Waals surface area contributed by atoms with Gasteiger partial charge in [0.1, 0.15) is 0 Å². The van der Waals surface area contributed by atoms with Gasteiger partial charge in [-0.05, 0) is 12.0 Å². The molecule has 0 radical (unpaired) electrons. The molecule has 4 heteroatoms. The van der Waals surface area contributed by atoms with Gasteiger partial charge in [0.15, 0.2) is 0 Å². The molecule has 0 aliphatic carbocycles. The fraction of sp³-hybridized carbons (Fsp3) is 0.500. The predicted molar refractivity (Wildman–Crippen MR) is 77.6 cm³/mol. The highest BCUT2D eigenvalue weighted by atomic mass is 35.5. The molecule has 0 fully saturated rings. The van der Waals surface area contributed by atoms with Crippen LogP contribution >= 0.6 is 24.8 Å². The normalized spacial score (nSPS) is 8.88. The molecule has 0 saturated carbocycles. The highest BCUT2D eigenvalue weighted by Gasteiger charge is 1.99. The summed E-state index contributed by atoms with van der Waals surface area (Å²) in [4.78, 5) is 0. The number of hydrogen-bond donors (Lipinski definition) is 2. The molecule has 0 spiro atoms. The van der Waals surface area contributed by atoms with Gasteiger partial charge in [-0.3, -0.25) is 0 Å². The third-order valence-electron chi connectivity index (χ3n) is 1.67. The van der Waals surface area contributed by atoms with Crippen molar-refractivity contribution in [3.05, 3.63) is 35.9 Å². The first-order chi connectivity index (χ1) is 6.84. The molecule has 0 heterocycles. The van der Waals surface area contributed by atoms with Crippen LogP contribution in [0.4, 0.5) is 0 Å². The lowest BCUT2D eigenvalue weighted by molar-refractivity contribution is 0.399. The Bertz CT molecular complexity index is 195. The standard InChI is InChI=1S/C9H13N.C2H6.CH4O.2ClH/c1-2-9(10)8-6-4-3-5-7-8;2*1-2;;/h3-7,9H,2,10H2,1H3;1-2H3;2H,1H3;2*1H. The largest absolute Gasteiger partial charge is 0.400 e. The van der Waals surface area contributed by atoms with E-state index in [9.17, 15) is 0 Å². The van der Waals surface area contributed by atoms with Gasteiger partial charge in [0.25, 0.3) is 0 Å². The lowest BCUT2D eigenvalue weighted by Crippen LogP contribution is -2.07. The minimum absolute atomic E-state index is 0. The molecular weight excluding hydrogens is 245 g/mol. The minimum Gasteiger partial charge on any atom is -0.400 e. The van der Waals surface area contributed by atoms with Gasteiger partial charge in [-0.2, -0.15) is 0 Å². The minimum atomic E-state index is 0. The SMILES string of the molecule is CC.CCC(N)c1ccccc1.CO.Cl.Cl. The van der Waals surface area contributed by atoms with E-state index in [1.165, 1.54) is 5.56 Å². The zero-order valence-corrected chi connectivity index (χ0v) is 12.1. The topological polar surface area (TPSA) is 46.2 Å². The Morgan fingerprint density at radius 2 is 1.44 bits per heavy atom. The Morgan fingerprint density at radius 1 is 1.06 bits per heavy atom. The van der Waals surface area contributed by atoms with E-state index in [1.807, 2.05) is 32.0 Å². The number of hydrogen-bond acceptors (Lipinski definition) is 2. The first kappa shape index (κ1) is 24.8. The second-order valence-electron chi connectivity index (χ2n) is 2.43. The van der Waals surface area contributed by atoms with Crippen molar-refractivity contribution in [2.24, 2.45) is 5.73 Å². The molecule has 98 valence electrons. The lowest BCUT2D eigenvalue weighted by atomic mass is 10.1. The quantitative estimate of drug-likeness (QED) is 0.862. The number of rotatable bonds is 2. The fourth-order valence-electron chi connectivity index (χ4n) is 0.936. The lowest BCUT2D eigenvalue weighted by Gasteiger charge is -2.06. The summed E-state index contributed by atoms with van der Waals surface area (Å²) in [6.07, 6.45) is 1.00. The summed E-state index contributed by atoms with van der Waals surface area (Å²) in [6, 6.07) is 10.4. The molecule has 1 aromatic rings. The molecule has 0 bridgehead atoms. The molecule has 2 nitrogen and oxygen atoms in total. The van der Waals surface area contributed by atoms with E-state index in [0.29, 0.717) is 0 Å². The van der Waals surface area contributed by atoms with Gasteiger partial charge in [-0.1, -0.05) is 51.1 Å². The molecule has 1 unspecified atom stereocenters. The van der Waals surface area contributed by atoms with Gasteiger partial charge in [-0.15, -0.1) is 24.8 Å². The van der Waals surface area contributed by atoms with E-state index in [0.717, 1.165) is 13.5 Å². The van der Waals surface area contributed by atoms with Crippen LogP contribution in [0.5, 0.6) is 0 Å². The maximum absolute atomic E-state index is 7.00. The zero-order chi connectivity index (χ0) is 11.4. The third-order valence-corrected chi connectivity index (χ3v) is 1.67. The van der Waals surface area contributed by atoms with E-state index in [2.05, 4.69) is 19.1 Å². The Balaban J connectivity index is -0.000000109. The summed E-state index contributed by atoms with van der Waals surface area (Å²) in [6.45, 7) is 6.09. The van der Waals surface area contributed by atoms with Crippen LogP contribution in [0.1, 0.15) is 38.8 Å². The average Bonchev–Trinajstić information content (AvgIpc) is 2.34. The van der Waals surface area contributed by atoms with Crippen molar-refractivity contribution in [3.63, 3.8) is 0 Å². The molecule has 0 aromatic heterocycles. The molecule has 1 rings (SSSR count). The number of benzene rings is 1. The number of aliphatic hydroxyl groups excluding tert-OH is 1. The highest BCUT2D eigenvalue weighted by molar-refractivity contribution is 5.85. The van der Waals surface area contributed by atoms with Crippen LogP contribution in [0, 0.1) is 0 Å². The van der Waals surface area contributed by atoms with Gasteiger partial charge in [0.05, 0.1) is 0 Å². The molecule has 3 N–H and O–H groups in total. The smallest absolute Gasteiger partial charge is 0.0319 e. The van der Waals surface area contributed by atoms with Crippen molar-refractivity contribution < 1.29 is 5.11 Å². The van der Waals surface area contributed by atoms with Crippen LogP contribution in [0.15, 0.2) is 30.3 Å². The van der Waals surface area contributed by atoms with Gasteiger partial charge >= 0.3 is 0 Å². The predicted octanol–water partition coefficient (Wildman–Crippen LogP) is 3.57. The van der Waals surface area contributed by atoms with Crippen LogP contribution in [0.2, 0.25) is 0 Å². The molecule has 16 heavy (non-hydrogen) atoms. The molecule has 1 atom stereocenters. The summed E-state index contributed by atoms with van der Waals surface area (Å²) in [5.41, 5.74) is 7.02. The number of aliphatic hydroxyl groups is 1. The summed E-state index contributed by atoms with van der Waals surface area (Å²) in [5, 5.41) is 7.00. The van der Waals surface area contributed by atoms with E-state index in [4.69, 9.17) is 10.8 Å². The maximum atomic E-state index is 7.00. The van der Waals surface area contributed by atoms with Gasteiger partial charge < -0.3 is 10.8 Å². The summed E-state index contributed by atoms with van der Waals surface area (Å²) >= 11 is 0. The zero-order valence-electron chi connectivity index (χ0n) is 10.5. The van der Waals surface area contributed by atoms with Crippen molar-refractivity contribution >= 4 is 24.8 Å². The Hall–Kier alpha value is -0.280. The second-order valence-corrected chi connectivity index (χ2v) is 2.43. The fourth-order valence-corrected chi connectivity index (χ4v) is 0.936. The Morgan fingerprint density at radius 3 is 1.75 bits per heavy atom. The van der Waals surface area contributed by atoms with Gasteiger partial charge in [0.2, 0.25) is 0 Å². The number of halogens is 2. The van der Waals surface area contributed by atoms with Crippen molar-refractivity contribution in [1.29, 1.82) is 0 Å². The molecule has 0 aliphatic heterocycles. The van der Waals surface area contributed by atoms with Crippen LogP contribution in [0.25, 0.3) is 0 Å². The molecule has 1 aromatic carbocycles. The summed E-state index contributed by atoms with van der Waals surface area (Å²) < 4.78 is 0. The monoisotopic (exact) mass is 269 g/mol. The maximum Gasteiger partial charge on any atom is 0.0319 e. The van der Waals surface area contributed by atoms with Crippen molar-refractivity contribution in [2.45, 2.75) is 33.2 Å². The average molecular weight is 270 g/mol. The van der Waals surface area contributed by atoms with Crippen molar-refractivity contribution in [2.75, 3.05) is 7.11 Å². The molecule has 0 aliphatic rings. The molecule has 0 amide bonds. The van der Waals surface area contributed by atoms with E-state index in [1.54, 1.807) is 0 Å². The van der Waals surface area contributed by atoms with E-state index < -0.39 is 0 Å². The van der Waals surface area contributed by atoms with Gasteiger partial charge in [-0.25, -0.2) is 0 Å². The Kier molecular flexibility index (Phi) is 31.3. The summed E-state index contributed by atoms with van der Waals surface area (Å²) in [7, 11) is 1.00. The molecular formula is C12H25Cl2NO. The van der Waals surface area contributed by atoms with Crippen LogP contribution in [-0.4, -0.2) is 12.2 Å². The highest BCUT2D eigenvalue weighted by Crippen LogP contribution is 2.11. The van der Waals surface area contributed by atoms with Crippen molar-refractivity contribution in [3.8, 4) is 0 Å². The van der Waals surface area contributed by atoms with Crippen LogP contribution in [0.3, 0.4) is 0 Å². The number of nitrogens with two attached hydrogens (primary N) is 1. The first-order valence-electron chi connectivity index (χ1n) is 5.10. The van der Waals surface area contributed by atoms with Crippen molar-refractivity contribution in [1.82, 2.24) is 0 Å². The molecule has 0 saturated heterocycles. The third kappa shape index (κ3) is 11.8. The van der Waals surface area contributed by atoms with Crippen LogP contribution < -0.4 is 5.73 Å². The van der Waals surface area contributed by atoms with E-state index >= 15 is 0 Å². The first-order valence-corrected chi connectivity index (χ1v) is 5.10. The Labute approximate surface area is 112 Å². The van der Waals surface area contributed by atoms with Crippen LogP contribution in [-0.2, 0) is 0 Å². The summed E-state index contributed by atoms with van der Waals surface area (Å²) in [5.74, 6) is 0. The van der Waals surface area contributed by atoms with E-state index in [-0.39, 0.29) is 30.9 Å².